The van der Waals surface area contributed by atoms with Gasteiger partial charge in [-0.2, -0.15) is 0 Å². The van der Waals surface area contributed by atoms with Crippen LogP contribution in [-0.2, 0) is 0 Å². The van der Waals surface area contributed by atoms with Gasteiger partial charge in [0.25, 0.3) is 11.8 Å². The molecule has 3 N–H and O–H groups in total. The van der Waals surface area contributed by atoms with E-state index in [0.717, 1.165) is 0 Å². The summed E-state index contributed by atoms with van der Waals surface area (Å²) in [6.07, 6.45) is 0. The van der Waals surface area contributed by atoms with Crippen LogP contribution in [0.2, 0.25) is 0 Å². The van der Waals surface area contributed by atoms with Crippen LogP contribution in [-0.4, -0.2) is 22.0 Å². The summed E-state index contributed by atoms with van der Waals surface area (Å²) < 4.78 is 4.49. The molecule has 2 aromatic carbocycles. The van der Waals surface area contributed by atoms with Crippen molar-refractivity contribution in [2.75, 3.05) is 10.6 Å². The Balaban J connectivity index is 1.43. The number of carbonyl (C=O) groups excluding carboxylic acids is 2. The Labute approximate surface area is 168 Å². The number of carbonyl (C=O) groups is 2. The Bertz CT molecular complexity index is 1210. The number of rotatable bonds is 5. The molecule has 9 heteroatoms. The number of H-pyrrole nitrogens is 1. The fourth-order valence-electron chi connectivity index (χ4n) is 2.61. The molecule has 0 atom stereocenters. The second kappa shape index (κ2) is 7.95. The molecule has 2 aromatic heterocycles. The first kappa shape index (κ1) is 18.4. The van der Waals surface area contributed by atoms with E-state index in [-0.39, 0.29) is 17.6 Å². The largest absolute Gasteiger partial charge is 0.439 e. The second-order valence-corrected chi connectivity index (χ2v) is 6.94. The van der Waals surface area contributed by atoms with Gasteiger partial charge in [-0.05, 0) is 47.8 Å². The van der Waals surface area contributed by atoms with E-state index < -0.39 is 5.76 Å². The zero-order chi connectivity index (χ0) is 20.2. The van der Waals surface area contributed by atoms with Crippen molar-refractivity contribution in [3.63, 3.8) is 0 Å². The molecule has 0 aliphatic rings. The van der Waals surface area contributed by atoms with Gasteiger partial charge in [0, 0.05) is 22.5 Å². The number of thiophene rings is 1. The van der Waals surface area contributed by atoms with Crippen LogP contribution in [0.1, 0.15) is 20.0 Å². The highest BCUT2D eigenvalue weighted by atomic mass is 32.1. The van der Waals surface area contributed by atoms with Crippen LogP contribution in [0.25, 0.3) is 11.4 Å². The summed E-state index contributed by atoms with van der Waals surface area (Å²) in [5, 5.41) is 11.0. The topological polar surface area (TPSA) is 117 Å². The lowest BCUT2D eigenvalue weighted by Crippen LogP contribution is -2.13. The molecule has 2 heterocycles. The van der Waals surface area contributed by atoms with Gasteiger partial charge in [-0.1, -0.05) is 23.4 Å². The molecule has 8 nitrogen and oxygen atoms in total. The molecule has 0 bridgehead atoms. The molecule has 4 rings (SSSR count). The van der Waals surface area contributed by atoms with Crippen LogP contribution in [0, 0.1) is 0 Å². The molecular formula is C20H14N4O4S. The third-order valence-electron chi connectivity index (χ3n) is 3.98. The van der Waals surface area contributed by atoms with Gasteiger partial charge < -0.3 is 10.6 Å². The smallest absolute Gasteiger partial charge is 0.322 e. The van der Waals surface area contributed by atoms with E-state index >= 15 is 0 Å². The van der Waals surface area contributed by atoms with E-state index in [1.807, 2.05) is 11.4 Å². The number of aromatic nitrogens is 2. The lowest BCUT2D eigenvalue weighted by Gasteiger charge is -2.08. The van der Waals surface area contributed by atoms with Crippen molar-refractivity contribution in [3.05, 3.63) is 87.0 Å². The Morgan fingerprint density at radius 3 is 2.41 bits per heavy atom. The summed E-state index contributed by atoms with van der Waals surface area (Å²) in [5.74, 6) is -0.885. The average Bonchev–Trinajstić information content (AvgIpc) is 3.41. The summed E-state index contributed by atoms with van der Waals surface area (Å²) in [6, 6.07) is 17.0. The van der Waals surface area contributed by atoms with Gasteiger partial charge in [0.15, 0.2) is 5.82 Å². The van der Waals surface area contributed by atoms with E-state index in [1.165, 1.54) is 11.3 Å². The molecule has 0 saturated heterocycles. The first-order chi connectivity index (χ1) is 14.1. The SMILES string of the molecule is O=C(Nc1cccc(-c2noc(=O)[nH]2)c1)c1ccc(NC(=O)c2cccs2)cc1. The van der Waals surface area contributed by atoms with E-state index in [0.29, 0.717) is 27.4 Å². The third-order valence-corrected chi connectivity index (χ3v) is 4.85. The quantitative estimate of drug-likeness (QED) is 0.468. The highest BCUT2D eigenvalue weighted by Crippen LogP contribution is 2.20. The fraction of sp³-hybridized carbons (Fsp3) is 0. The standard InChI is InChI=1S/C20H14N4O4S/c25-18(22-15-4-1-3-13(11-15)17-23-20(27)28-24-17)12-6-8-14(9-7-12)21-19(26)16-5-2-10-29-16/h1-11H,(H,21,26)(H,22,25)(H,23,24,27). The average molecular weight is 406 g/mol. The number of benzene rings is 2. The van der Waals surface area contributed by atoms with Gasteiger partial charge in [0.2, 0.25) is 0 Å². The summed E-state index contributed by atoms with van der Waals surface area (Å²) in [6.45, 7) is 0. The molecule has 0 aliphatic carbocycles. The summed E-state index contributed by atoms with van der Waals surface area (Å²) >= 11 is 1.35. The first-order valence-electron chi connectivity index (χ1n) is 8.51. The van der Waals surface area contributed by atoms with Crippen molar-refractivity contribution in [1.82, 2.24) is 10.1 Å². The lowest BCUT2D eigenvalue weighted by atomic mass is 10.1. The van der Waals surface area contributed by atoms with Gasteiger partial charge in [0.05, 0.1) is 4.88 Å². The first-order valence-corrected chi connectivity index (χ1v) is 9.39. The number of anilines is 2. The predicted molar refractivity (Wildman–Crippen MR) is 109 cm³/mol. The molecule has 0 radical (unpaired) electrons. The zero-order valence-corrected chi connectivity index (χ0v) is 15.7. The van der Waals surface area contributed by atoms with Crippen molar-refractivity contribution in [3.8, 4) is 11.4 Å². The van der Waals surface area contributed by atoms with Crippen LogP contribution in [0.15, 0.2) is 75.4 Å². The van der Waals surface area contributed by atoms with Gasteiger partial charge in [-0.15, -0.1) is 11.3 Å². The Kier molecular flexibility index (Phi) is 5.04. The van der Waals surface area contributed by atoms with Crippen molar-refractivity contribution in [2.45, 2.75) is 0 Å². The van der Waals surface area contributed by atoms with E-state index in [2.05, 4.69) is 25.3 Å². The van der Waals surface area contributed by atoms with Crippen molar-refractivity contribution in [2.24, 2.45) is 0 Å². The molecule has 0 fully saturated rings. The van der Waals surface area contributed by atoms with Crippen LogP contribution < -0.4 is 16.4 Å². The molecule has 0 unspecified atom stereocenters. The van der Waals surface area contributed by atoms with Gasteiger partial charge in [0.1, 0.15) is 0 Å². The number of amides is 2. The highest BCUT2D eigenvalue weighted by Gasteiger charge is 2.10. The molecule has 144 valence electrons. The molecule has 4 aromatic rings. The van der Waals surface area contributed by atoms with Crippen molar-refractivity contribution >= 4 is 34.5 Å². The molecule has 0 aliphatic heterocycles. The van der Waals surface area contributed by atoms with Crippen LogP contribution >= 0.6 is 11.3 Å². The maximum atomic E-state index is 12.5. The Morgan fingerprint density at radius 2 is 1.72 bits per heavy atom. The normalized spacial score (nSPS) is 10.5. The molecular weight excluding hydrogens is 392 g/mol. The number of hydrogen-bond acceptors (Lipinski definition) is 6. The third kappa shape index (κ3) is 4.30. The Hall–Kier alpha value is -3.98. The molecule has 0 saturated carbocycles. The van der Waals surface area contributed by atoms with Crippen molar-refractivity contribution in [1.29, 1.82) is 0 Å². The predicted octanol–water partition coefficient (Wildman–Crippen LogP) is 3.60. The summed E-state index contributed by atoms with van der Waals surface area (Å²) in [5.41, 5.74) is 2.16. The van der Waals surface area contributed by atoms with Crippen molar-refractivity contribution < 1.29 is 14.1 Å². The van der Waals surface area contributed by atoms with Gasteiger partial charge in [-0.3, -0.25) is 19.1 Å². The Morgan fingerprint density at radius 1 is 0.931 bits per heavy atom. The molecule has 2 amide bonds. The number of nitrogens with one attached hydrogen (secondary N) is 3. The summed E-state index contributed by atoms with van der Waals surface area (Å²) in [4.78, 5) is 38.7. The van der Waals surface area contributed by atoms with Crippen LogP contribution in [0.5, 0.6) is 0 Å². The summed E-state index contributed by atoms with van der Waals surface area (Å²) in [7, 11) is 0. The minimum atomic E-state index is -0.652. The maximum absolute atomic E-state index is 12.5. The number of nitrogens with zero attached hydrogens (tertiary/aromatic N) is 1. The van der Waals surface area contributed by atoms with Gasteiger partial charge >= 0.3 is 5.76 Å². The van der Waals surface area contributed by atoms with E-state index in [4.69, 9.17) is 0 Å². The van der Waals surface area contributed by atoms with Crippen LogP contribution in [0.3, 0.4) is 0 Å². The lowest BCUT2D eigenvalue weighted by molar-refractivity contribution is 0.102. The monoisotopic (exact) mass is 406 g/mol. The minimum absolute atomic E-state index is 0.195. The fourth-order valence-corrected chi connectivity index (χ4v) is 3.23. The van der Waals surface area contributed by atoms with Crippen LogP contribution in [0.4, 0.5) is 11.4 Å². The molecule has 0 spiro atoms. The van der Waals surface area contributed by atoms with Gasteiger partial charge in [-0.25, -0.2) is 4.79 Å². The number of hydrogen-bond donors (Lipinski definition) is 3. The molecule has 29 heavy (non-hydrogen) atoms. The zero-order valence-electron chi connectivity index (χ0n) is 14.8. The minimum Gasteiger partial charge on any atom is -0.322 e. The van der Waals surface area contributed by atoms with E-state index in [9.17, 15) is 14.4 Å². The van der Waals surface area contributed by atoms with E-state index in [1.54, 1.807) is 54.6 Å². The highest BCUT2D eigenvalue weighted by molar-refractivity contribution is 7.12. The second-order valence-electron chi connectivity index (χ2n) is 5.99. The number of aromatic amines is 1. The maximum Gasteiger partial charge on any atom is 0.439 e.